The summed E-state index contributed by atoms with van der Waals surface area (Å²) >= 11 is 0. The van der Waals surface area contributed by atoms with Crippen LogP contribution in [0.15, 0.2) is 24.5 Å². The Hall–Kier alpha value is -1.58. The van der Waals surface area contributed by atoms with E-state index in [4.69, 9.17) is 4.74 Å². The highest BCUT2D eigenvalue weighted by molar-refractivity contribution is 5.87. The second-order valence-electron chi connectivity index (χ2n) is 4.16. The van der Waals surface area contributed by atoms with Crippen LogP contribution in [-0.4, -0.2) is 15.5 Å². The van der Waals surface area contributed by atoms with Gasteiger partial charge in [-0.15, -0.1) is 0 Å². The summed E-state index contributed by atoms with van der Waals surface area (Å²) in [7, 11) is 0. The van der Waals surface area contributed by atoms with Gasteiger partial charge in [-0.2, -0.15) is 0 Å². The fourth-order valence-electron chi connectivity index (χ4n) is 1.51. The Morgan fingerprint density at radius 2 is 2.35 bits per heavy atom. The van der Waals surface area contributed by atoms with Crippen molar-refractivity contribution >= 4 is 5.97 Å². The van der Waals surface area contributed by atoms with E-state index in [0.717, 1.165) is 25.2 Å². The molecule has 0 aromatic carbocycles. The lowest BCUT2D eigenvalue weighted by molar-refractivity contribution is -0.144. The predicted octanol–water partition coefficient (Wildman–Crippen LogP) is 2.86. The molecule has 0 saturated heterocycles. The van der Waals surface area contributed by atoms with Crippen LogP contribution in [0.2, 0.25) is 0 Å². The molecule has 0 spiro atoms. The van der Waals surface area contributed by atoms with E-state index in [-0.39, 0.29) is 12.1 Å². The molecule has 0 aliphatic heterocycles. The quantitative estimate of drug-likeness (QED) is 0.563. The molecule has 0 radical (unpaired) electrons. The van der Waals surface area contributed by atoms with Crippen molar-refractivity contribution < 1.29 is 9.53 Å². The number of carbonyl (C=O) groups excluding carboxylic acids is 1. The van der Waals surface area contributed by atoms with Gasteiger partial charge < -0.3 is 9.30 Å². The maximum Gasteiger partial charge on any atom is 0.333 e. The summed E-state index contributed by atoms with van der Waals surface area (Å²) in [6.07, 6.45) is 5.51. The van der Waals surface area contributed by atoms with Crippen molar-refractivity contribution in [1.29, 1.82) is 0 Å². The van der Waals surface area contributed by atoms with Crippen molar-refractivity contribution in [3.8, 4) is 0 Å². The smallest absolute Gasteiger partial charge is 0.333 e. The molecule has 17 heavy (non-hydrogen) atoms. The molecule has 0 saturated carbocycles. The minimum atomic E-state index is -0.373. The fraction of sp³-hybridized carbons (Fsp3) is 0.538. The molecule has 0 bridgehead atoms. The summed E-state index contributed by atoms with van der Waals surface area (Å²) < 4.78 is 7.28. The highest BCUT2D eigenvalue weighted by Crippen LogP contribution is 2.16. The number of ether oxygens (including phenoxy) is 1. The van der Waals surface area contributed by atoms with E-state index < -0.39 is 0 Å². The van der Waals surface area contributed by atoms with Crippen molar-refractivity contribution in [1.82, 2.24) is 9.55 Å². The number of aryl methyl sites for hydroxylation is 1. The normalized spacial score (nSPS) is 12.2. The summed E-state index contributed by atoms with van der Waals surface area (Å²) in [5.74, 6) is 0.413. The minimum absolute atomic E-state index is 0.342. The van der Waals surface area contributed by atoms with E-state index >= 15 is 0 Å². The molecule has 0 aliphatic carbocycles. The maximum atomic E-state index is 11.4. The highest BCUT2D eigenvalue weighted by atomic mass is 16.5. The Labute approximate surface area is 102 Å². The van der Waals surface area contributed by atoms with Crippen LogP contribution in [0.3, 0.4) is 0 Å². The standard InChI is InChI=1S/C13H20N2O2/c1-5-6-8-15-9-7-14-12(15)11(4)17-13(16)10(2)3/h7,9,11H,2,5-6,8H2,1,3-4H3. The van der Waals surface area contributed by atoms with Gasteiger partial charge in [-0.25, -0.2) is 9.78 Å². The molecule has 0 N–H and O–H groups in total. The van der Waals surface area contributed by atoms with Gasteiger partial charge in [0.05, 0.1) is 0 Å². The largest absolute Gasteiger partial charge is 0.451 e. The summed E-state index contributed by atoms with van der Waals surface area (Å²) in [5.41, 5.74) is 0.406. The third kappa shape index (κ3) is 3.73. The van der Waals surface area contributed by atoms with Crippen LogP contribution in [0, 0.1) is 0 Å². The first-order valence-electron chi connectivity index (χ1n) is 5.93. The molecule has 0 aliphatic rings. The fourth-order valence-corrected chi connectivity index (χ4v) is 1.51. The Balaban J connectivity index is 2.68. The van der Waals surface area contributed by atoms with Crippen LogP contribution in [-0.2, 0) is 16.1 Å². The second kappa shape index (κ2) is 6.23. The van der Waals surface area contributed by atoms with Gasteiger partial charge in [-0.3, -0.25) is 0 Å². The van der Waals surface area contributed by atoms with Gasteiger partial charge in [0.1, 0.15) is 5.82 Å². The Morgan fingerprint density at radius 3 is 2.94 bits per heavy atom. The van der Waals surface area contributed by atoms with E-state index in [0.29, 0.717) is 5.57 Å². The van der Waals surface area contributed by atoms with E-state index in [1.807, 2.05) is 17.7 Å². The van der Waals surface area contributed by atoms with Crippen LogP contribution in [0.4, 0.5) is 0 Å². The second-order valence-corrected chi connectivity index (χ2v) is 4.16. The van der Waals surface area contributed by atoms with E-state index in [1.54, 1.807) is 13.1 Å². The zero-order valence-corrected chi connectivity index (χ0v) is 10.8. The number of esters is 1. The third-order valence-corrected chi connectivity index (χ3v) is 2.50. The van der Waals surface area contributed by atoms with E-state index in [1.165, 1.54) is 0 Å². The van der Waals surface area contributed by atoms with Gasteiger partial charge in [0.15, 0.2) is 6.10 Å². The maximum absolute atomic E-state index is 11.4. The average Bonchev–Trinajstić information content (AvgIpc) is 2.74. The lowest BCUT2D eigenvalue weighted by Gasteiger charge is -2.14. The van der Waals surface area contributed by atoms with Crippen molar-refractivity contribution in [2.24, 2.45) is 0 Å². The number of carbonyl (C=O) groups is 1. The van der Waals surface area contributed by atoms with E-state index in [9.17, 15) is 4.79 Å². The van der Waals surface area contributed by atoms with Gasteiger partial charge in [-0.1, -0.05) is 19.9 Å². The third-order valence-electron chi connectivity index (χ3n) is 2.50. The molecule has 1 atom stereocenters. The summed E-state index contributed by atoms with van der Waals surface area (Å²) in [6, 6.07) is 0. The first kappa shape index (κ1) is 13.5. The van der Waals surface area contributed by atoms with Gasteiger partial charge in [0.25, 0.3) is 0 Å². The molecule has 0 amide bonds. The Morgan fingerprint density at radius 1 is 1.65 bits per heavy atom. The lowest BCUT2D eigenvalue weighted by Crippen LogP contribution is -2.14. The van der Waals surface area contributed by atoms with Crippen molar-refractivity contribution in [3.63, 3.8) is 0 Å². The molecular weight excluding hydrogens is 216 g/mol. The zero-order chi connectivity index (χ0) is 12.8. The van der Waals surface area contributed by atoms with Crippen molar-refractivity contribution in [2.75, 3.05) is 0 Å². The summed E-state index contributed by atoms with van der Waals surface area (Å²) in [6.45, 7) is 10.1. The van der Waals surface area contributed by atoms with Gasteiger partial charge in [0, 0.05) is 24.5 Å². The zero-order valence-electron chi connectivity index (χ0n) is 10.8. The molecular formula is C13H20N2O2. The van der Waals surface area contributed by atoms with Crippen LogP contribution in [0.5, 0.6) is 0 Å². The molecule has 1 aromatic heterocycles. The van der Waals surface area contributed by atoms with Gasteiger partial charge >= 0.3 is 5.97 Å². The molecule has 4 heteroatoms. The number of hydrogen-bond acceptors (Lipinski definition) is 3. The molecule has 0 fully saturated rings. The molecule has 94 valence electrons. The number of imidazole rings is 1. The monoisotopic (exact) mass is 236 g/mol. The Bertz CT molecular complexity index is 396. The molecule has 1 aromatic rings. The predicted molar refractivity (Wildman–Crippen MR) is 66.5 cm³/mol. The molecule has 4 nitrogen and oxygen atoms in total. The van der Waals surface area contributed by atoms with E-state index in [2.05, 4.69) is 18.5 Å². The first-order chi connectivity index (χ1) is 8.06. The van der Waals surface area contributed by atoms with Crippen molar-refractivity contribution in [3.05, 3.63) is 30.4 Å². The number of rotatable bonds is 6. The molecule has 1 heterocycles. The van der Waals surface area contributed by atoms with Crippen LogP contribution in [0.25, 0.3) is 0 Å². The summed E-state index contributed by atoms with van der Waals surface area (Å²) in [5, 5.41) is 0. The van der Waals surface area contributed by atoms with Gasteiger partial charge in [-0.05, 0) is 20.3 Å². The number of aromatic nitrogens is 2. The minimum Gasteiger partial charge on any atom is -0.451 e. The number of hydrogen-bond donors (Lipinski definition) is 0. The number of unbranched alkanes of at least 4 members (excludes halogenated alkanes) is 1. The topological polar surface area (TPSA) is 44.1 Å². The summed E-state index contributed by atoms with van der Waals surface area (Å²) in [4.78, 5) is 15.7. The Kier molecular flexibility index (Phi) is 4.94. The average molecular weight is 236 g/mol. The lowest BCUT2D eigenvalue weighted by atomic mass is 10.3. The van der Waals surface area contributed by atoms with Crippen LogP contribution in [0.1, 0.15) is 45.5 Å². The SMILES string of the molecule is C=C(C)C(=O)OC(C)c1nccn1CCCC. The molecule has 1 rings (SSSR count). The van der Waals surface area contributed by atoms with Crippen LogP contribution >= 0.6 is 0 Å². The van der Waals surface area contributed by atoms with Gasteiger partial charge in [0.2, 0.25) is 0 Å². The van der Waals surface area contributed by atoms with Crippen LogP contribution < -0.4 is 0 Å². The first-order valence-corrected chi connectivity index (χ1v) is 5.93. The number of nitrogens with zero attached hydrogens (tertiary/aromatic N) is 2. The molecule has 1 unspecified atom stereocenters. The van der Waals surface area contributed by atoms with Crippen molar-refractivity contribution in [2.45, 2.75) is 46.3 Å². The highest BCUT2D eigenvalue weighted by Gasteiger charge is 2.16.